The number of nitrogens with zero attached hydrogens (tertiary/aromatic N) is 1. The summed E-state index contributed by atoms with van der Waals surface area (Å²) in [6.45, 7) is 4.85. The number of nitrogens with one attached hydrogen (secondary N) is 1. The monoisotopic (exact) mass is 432 g/mol. The van der Waals surface area contributed by atoms with Gasteiger partial charge in [0.05, 0.1) is 0 Å². The zero-order valence-electron chi connectivity index (χ0n) is 18.0. The van der Waals surface area contributed by atoms with Gasteiger partial charge < -0.3 is 10.2 Å². The number of hydrogen-bond acceptors (Lipinski definition) is 2. The van der Waals surface area contributed by atoms with Gasteiger partial charge in [-0.05, 0) is 56.1 Å². The molecule has 150 valence electrons. The van der Waals surface area contributed by atoms with E-state index in [0.29, 0.717) is 0 Å². The van der Waals surface area contributed by atoms with E-state index in [1.807, 2.05) is 0 Å². The van der Waals surface area contributed by atoms with Crippen LogP contribution in [0.4, 0.5) is 22.7 Å². The van der Waals surface area contributed by atoms with E-state index in [9.17, 15) is 0 Å². The molecule has 0 fully saturated rings. The molecule has 31 heavy (non-hydrogen) atoms. The van der Waals surface area contributed by atoms with E-state index in [-0.39, 0.29) is 0 Å². The predicted molar refractivity (Wildman–Crippen MR) is 138 cm³/mol. The van der Waals surface area contributed by atoms with E-state index < -0.39 is 17.6 Å². The average molecular weight is 433 g/mol. The van der Waals surface area contributed by atoms with E-state index in [2.05, 4.69) is 115 Å². The van der Waals surface area contributed by atoms with Gasteiger partial charge in [-0.1, -0.05) is 73.8 Å². The lowest BCUT2D eigenvalue weighted by molar-refractivity contribution is 1.22. The van der Waals surface area contributed by atoms with Crippen LogP contribution in [0.3, 0.4) is 0 Å². The maximum atomic E-state index is 3.65. The zero-order chi connectivity index (χ0) is 21.1. The largest absolute Gasteiger partial charge is 0.356 e. The van der Waals surface area contributed by atoms with Gasteiger partial charge in [0.1, 0.15) is 17.6 Å². The first-order valence-electron chi connectivity index (χ1n) is 10.8. The highest BCUT2D eigenvalue weighted by atomic mass is 28.3. The van der Waals surface area contributed by atoms with Crippen LogP contribution in [0.25, 0.3) is 11.1 Å². The lowest BCUT2D eigenvalue weighted by atomic mass is 10.0. The molecule has 0 saturated carbocycles. The van der Waals surface area contributed by atoms with Crippen LogP contribution in [-0.4, -0.2) is 24.6 Å². The Bertz CT molecular complexity index is 1330. The second kappa shape index (κ2) is 6.97. The van der Waals surface area contributed by atoms with Crippen LogP contribution in [0, 0.1) is 0 Å². The maximum absolute atomic E-state index is 3.65. The highest BCUT2D eigenvalue weighted by Gasteiger charge is 2.28. The van der Waals surface area contributed by atoms with Crippen molar-refractivity contribution in [3.63, 3.8) is 0 Å². The molecule has 2 aliphatic heterocycles. The summed E-state index contributed by atoms with van der Waals surface area (Å²) in [5.41, 5.74) is 7.90. The first-order chi connectivity index (χ1) is 15.1. The number of rotatable bonds is 1. The molecule has 0 spiro atoms. The molecule has 2 radical (unpaired) electrons. The summed E-state index contributed by atoms with van der Waals surface area (Å²) < 4.78 is 0. The van der Waals surface area contributed by atoms with Gasteiger partial charge in [-0.25, -0.2) is 0 Å². The van der Waals surface area contributed by atoms with Crippen LogP contribution < -0.4 is 31.0 Å². The molecule has 0 amide bonds. The second-order valence-corrected chi connectivity index (χ2v) is 13.1. The average Bonchev–Trinajstić information content (AvgIpc) is 2.82. The minimum Gasteiger partial charge on any atom is -0.356 e. The zero-order valence-corrected chi connectivity index (χ0v) is 20.0. The Balaban J connectivity index is 1.43. The molecule has 0 atom stereocenters. The van der Waals surface area contributed by atoms with Crippen LogP contribution in [0.5, 0.6) is 0 Å². The minimum atomic E-state index is -0.783. The molecule has 0 bridgehead atoms. The predicted octanol–water partition coefficient (Wildman–Crippen LogP) is 3.97. The number of benzene rings is 4. The summed E-state index contributed by atoms with van der Waals surface area (Å²) in [7, 11) is 0.635. The molecule has 2 nitrogen and oxygen atoms in total. The van der Waals surface area contributed by atoms with Crippen molar-refractivity contribution in [2.45, 2.75) is 13.1 Å². The van der Waals surface area contributed by atoms with E-state index in [1.54, 1.807) is 0 Å². The fraction of sp³-hybridized carbons (Fsp3) is 0.111. The maximum Gasteiger partial charge on any atom is 0.123 e. The standard InChI is InChI=1S/C27H24N2Si2/c1-29-22-9-5-7-11-25(22)31(3)27-17-19(13-15-23(27)29)18-12-14-21-26(16-18)30(2)24-10-6-4-8-20(24)28-21/h4-17,28H,1-3H3. The van der Waals surface area contributed by atoms with Crippen molar-refractivity contribution in [3.05, 3.63) is 84.9 Å². The van der Waals surface area contributed by atoms with Gasteiger partial charge in [-0.3, -0.25) is 0 Å². The lowest BCUT2D eigenvalue weighted by Crippen LogP contribution is -2.48. The Morgan fingerprint density at radius 1 is 0.581 bits per heavy atom. The Morgan fingerprint density at radius 2 is 1.16 bits per heavy atom. The van der Waals surface area contributed by atoms with Gasteiger partial charge in [0.15, 0.2) is 0 Å². The van der Waals surface area contributed by atoms with Crippen LogP contribution in [0.2, 0.25) is 13.1 Å². The smallest absolute Gasteiger partial charge is 0.123 e. The summed E-state index contributed by atoms with van der Waals surface area (Å²) in [5, 5.41) is 9.61. The molecule has 4 aromatic rings. The van der Waals surface area contributed by atoms with Crippen LogP contribution >= 0.6 is 0 Å². The summed E-state index contributed by atoms with van der Waals surface area (Å²) in [5.74, 6) is 0. The van der Waals surface area contributed by atoms with Gasteiger partial charge in [0.2, 0.25) is 0 Å². The van der Waals surface area contributed by atoms with E-state index in [4.69, 9.17) is 0 Å². The van der Waals surface area contributed by atoms with Crippen molar-refractivity contribution in [1.29, 1.82) is 0 Å². The second-order valence-electron chi connectivity index (χ2n) is 8.49. The summed E-state index contributed by atoms with van der Waals surface area (Å²) >= 11 is 0. The minimum absolute atomic E-state index is 0.776. The fourth-order valence-corrected chi connectivity index (χ4v) is 9.41. The summed E-state index contributed by atoms with van der Waals surface area (Å²) in [6.07, 6.45) is 0. The van der Waals surface area contributed by atoms with Crippen LogP contribution in [-0.2, 0) is 0 Å². The van der Waals surface area contributed by atoms with Crippen molar-refractivity contribution in [2.24, 2.45) is 0 Å². The number of para-hydroxylation sites is 2. The highest BCUT2D eigenvalue weighted by Crippen LogP contribution is 2.30. The van der Waals surface area contributed by atoms with E-state index in [1.165, 1.54) is 54.6 Å². The number of anilines is 4. The van der Waals surface area contributed by atoms with Gasteiger partial charge in [-0.2, -0.15) is 0 Å². The molecule has 2 aliphatic rings. The lowest BCUT2D eigenvalue weighted by Gasteiger charge is -2.33. The first kappa shape index (κ1) is 18.7. The molecule has 0 unspecified atom stereocenters. The van der Waals surface area contributed by atoms with E-state index >= 15 is 0 Å². The van der Waals surface area contributed by atoms with Gasteiger partial charge in [-0.15, -0.1) is 0 Å². The van der Waals surface area contributed by atoms with Crippen molar-refractivity contribution < 1.29 is 0 Å². The van der Waals surface area contributed by atoms with Gasteiger partial charge >= 0.3 is 0 Å². The Hall–Kier alpha value is -3.09. The third-order valence-corrected chi connectivity index (χ3v) is 11.7. The molecular formula is C27H24N2Si2. The van der Waals surface area contributed by atoms with Crippen molar-refractivity contribution in [1.82, 2.24) is 0 Å². The third-order valence-electron chi connectivity index (χ3n) is 6.79. The molecule has 6 rings (SSSR count). The van der Waals surface area contributed by atoms with Crippen molar-refractivity contribution in [2.75, 3.05) is 17.3 Å². The van der Waals surface area contributed by atoms with E-state index in [0.717, 1.165) is 0 Å². The molecule has 0 saturated heterocycles. The summed E-state index contributed by atoms with van der Waals surface area (Å²) in [6, 6.07) is 31.7. The number of fused-ring (bicyclic) bond motifs is 4. The highest BCUT2D eigenvalue weighted by molar-refractivity contribution is 6.87. The number of hydrogen-bond donors (Lipinski definition) is 1. The summed E-state index contributed by atoms with van der Waals surface area (Å²) in [4.78, 5) is 2.35. The van der Waals surface area contributed by atoms with Crippen LogP contribution in [0.1, 0.15) is 0 Å². The third kappa shape index (κ3) is 2.82. The van der Waals surface area contributed by atoms with Crippen molar-refractivity contribution in [3.8, 4) is 11.1 Å². The molecule has 4 aromatic carbocycles. The molecule has 1 N–H and O–H groups in total. The Morgan fingerprint density at radius 3 is 2.00 bits per heavy atom. The molecular weight excluding hydrogens is 408 g/mol. The Labute approximate surface area is 187 Å². The topological polar surface area (TPSA) is 15.3 Å². The Kier molecular flexibility index (Phi) is 4.20. The van der Waals surface area contributed by atoms with Crippen LogP contribution in [0.15, 0.2) is 84.9 Å². The van der Waals surface area contributed by atoms with Crippen molar-refractivity contribution >= 4 is 61.1 Å². The molecule has 0 aromatic heterocycles. The normalized spacial score (nSPS) is 14.9. The van der Waals surface area contributed by atoms with Gasteiger partial charge in [0.25, 0.3) is 0 Å². The molecule has 2 heterocycles. The SMILES string of the molecule is CN1c2ccccc2[Si](C)c2cc(-c3ccc4c(c3)[Si](C)c3ccccc3N4)ccc21. The van der Waals surface area contributed by atoms with Gasteiger partial charge in [0, 0.05) is 29.8 Å². The molecule has 0 aliphatic carbocycles. The first-order valence-corrected chi connectivity index (χ1v) is 14.8. The quantitative estimate of drug-likeness (QED) is 0.458. The molecule has 4 heteroatoms. The fourth-order valence-electron chi connectivity index (χ4n) is 5.02.